The molecule has 2 saturated heterocycles. The van der Waals surface area contributed by atoms with Crippen molar-refractivity contribution in [3.05, 3.63) is 24.7 Å². The molecule has 0 aromatic carbocycles. The summed E-state index contributed by atoms with van der Waals surface area (Å²) in [6, 6.07) is 1.78. The molecule has 1 amide bonds. The fraction of sp³-hybridized carbons (Fsp3) is 0.556. The highest BCUT2D eigenvalue weighted by Gasteiger charge is 2.61. The van der Waals surface area contributed by atoms with Gasteiger partial charge in [-0.1, -0.05) is 13.8 Å². The van der Waals surface area contributed by atoms with Crippen LogP contribution in [0.2, 0.25) is 0 Å². The molecule has 0 saturated carbocycles. The van der Waals surface area contributed by atoms with E-state index in [2.05, 4.69) is 20.4 Å². The number of likely N-dealkylation sites (tertiary alicyclic amines) is 1. The van der Waals surface area contributed by atoms with E-state index < -0.39 is 22.9 Å². The van der Waals surface area contributed by atoms with E-state index in [0.717, 1.165) is 10.6 Å². The van der Waals surface area contributed by atoms with Crippen LogP contribution >= 0.6 is 12.4 Å². The number of anilines is 3. The van der Waals surface area contributed by atoms with Crippen LogP contribution in [0.25, 0.3) is 0 Å². The molecule has 8 nitrogen and oxygen atoms in total. The second-order valence-corrected chi connectivity index (χ2v) is 8.40. The number of halogens is 4. The van der Waals surface area contributed by atoms with Gasteiger partial charge in [0.15, 0.2) is 0 Å². The van der Waals surface area contributed by atoms with Crippen LogP contribution in [-0.2, 0) is 11.8 Å². The molecule has 2 fully saturated rings. The molecule has 2 aromatic heterocycles. The number of carbonyl (C=O) groups excluding carboxylic acids is 1. The first kappa shape index (κ1) is 22.1. The topological polar surface area (TPSA) is 79.2 Å². The van der Waals surface area contributed by atoms with Gasteiger partial charge in [-0.25, -0.2) is 4.98 Å². The molecule has 0 radical (unpaired) electrons. The number of aryl methyl sites for hydroxylation is 1. The van der Waals surface area contributed by atoms with Crippen LogP contribution in [0.5, 0.6) is 0 Å². The minimum atomic E-state index is -4.84. The molecule has 2 atom stereocenters. The maximum Gasteiger partial charge on any atom is 0.471 e. The lowest BCUT2D eigenvalue weighted by atomic mass is 9.71. The van der Waals surface area contributed by atoms with Gasteiger partial charge in [0.25, 0.3) is 0 Å². The summed E-state index contributed by atoms with van der Waals surface area (Å²) in [7, 11) is 1.81. The van der Waals surface area contributed by atoms with Crippen molar-refractivity contribution in [2.24, 2.45) is 17.9 Å². The van der Waals surface area contributed by atoms with Crippen molar-refractivity contribution in [1.82, 2.24) is 24.6 Å². The van der Waals surface area contributed by atoms with Crippen molar-refractivity contribution in [3.63, 3.8) is 0 Å². The van der Waals surface area contributed by atoms with Crippen molar-refractivity contribution < 1.29 is 18.0 Å². The van der Waals surface area contributed by atoms with Crippen LogP contribution in [-0.4, -0.2) is 62.9 Å². The predicted molar refractivity (Wildman–Crippen MR) is 107 cm³/mol. The largest absolute Gasteiger partial charge is 0.471 e. The maximum atomic E-state index is 12.9. The molecule has 0 unspecified atom stereocenters. The number of nitrogens with one attached hydrogen (secondary N) is 1. The number of rotatable bonds is 3. The van der Waals surface area contributed by atoms with Crippen LogP contribution in [0.3, 0.4) is 0 Å². The van der Waals surface area contributed by atoms with E-state index >= 15 is 0 Å². The monoisotopic (exact) mass is 445 g/mol. The average molecular weight is 446 g/mol. The molecule has 2 aromatic rings. The third-order valence-corrected chi connectivity index (χ3v) is 6.07. The lowest BCUT2D eigenvalue weighted by Gasteiger charge is -2.29. The van der Waals surface area contributed by atoms with E-state index in [1.165, 1.54) is 0 Å². The summed E-state index contributed by atoms with van der Waals surface area (Å²) in [6.45, 7) is 5.04. The molecule has 1 N–H and O–H groups in total. The van der Waals surface area contributed by atoms with Crippen molar-refractivity contribution in [2.45, 2.75) is 20.0 Å². The summed E-state index contributed by atoms with van der Waals surface area (Å²) in [5.74, 6) is -0.653. The Kier molecular flexibility index (Phi) is 5.38. The van der Waals surface area contributed by atoms with Crippen molar-refractivity contribution >= 4 is 35.8 Å². The highest BCUT2D eigenvalue weighted by atomic mass is 35.5. The van der Waals surface area contributed by atoms with E-state index in [1.807, 2.05) is 18.7 Å². The molecular weight excluding hydrogens is 423 g/mol. The Balaban J connectivity index is 0.00000256. The number of hydrogen-bond donors (Lipinski definition) is 1. The zero-order valence-corrected chi connectivity index (χ0v) is 17.6. The number of amides is 1. The fourth-order valence-electron chi connectivity index (χ4n) is 4.35. The van der Waals surface area contributed by atoms with Gasteiger partial charge in [-0.15, -0.1) is 12.4 Å². The normalized spacial score (nSPS) is 25.8. The third-order valence-electron chi connectivity index (χ3n) is 6.07. The summed E-state index contributed by atoms with van der Waals surface area (Å²) >= 11 is 0. The van der Waals surface area contributed by atoms with Gasteiger partial charge in [0.2, 0.25) is 5.95 Å². The van der Waals surface area contributed by atoms with E-state index in [-0.39, 0.29) is 25.5 Å². The first-order chi connectivity index (χ1) is 13.5. The average Bonchev–Trinajstić information content (AvgIpc) is 3.21. The van der Waals surface area contributed by atoms with Crippen LogP contribution in [0, 0.1) is 10.8 Å². The zero-order chi connectivity index (χ0) is 21.0. The standard InChI is InChI=1S/C18H22F3N7O.ClH/c1-16-8-27(9-17(16,2)11-28(10-16)14(29)18(19,20)21)13-4-5-22-15(25-13)24-12-6-23-26(3)7-12;/h4-7H,8-11H2,1-3H3,(H,22,24,25);1H/t16-,17+;. The third kappa shape index (κ3) is 3.78. The van der Waals surface area contributed by atoms with E-state index in [9.17, 15) is 18.0 Å². The van der Waals surface area contributed by atoms with Crippen LogP contribution in [0.1, 0.15) is 13.8 Å². The maximum absolute atomic E-state index is 12.9. The van der Waals surface area contributed by atoms with Gasteiger partial charge in [-0.2, -0.15) is 23.3 Å². The lowest BCUT2D eigenvalue weighted by Crippen LogP contribution is -2.42. The smallest absolute Gasteiger partial charge is 0.355 e. The van der Waals surface area contributed by atoms with Crippen LogP contribution < -0.4 is 10.2 Å². The Bertz CT molecular complexity index is 932. The molecule has 0 aliphatic carbocycles. The van der Waals surface area contributed by atoms with Gasteiger partial charge >= 0.3 is 12.1 Å². The molecular formula is C18H23ClF3N7O. The lowest BCUT2D eigenvalue weighted by molar-refractivity contribution is -0.184. The second kappa shape index (κ2) is 7.29. The first-order valence-corrected chi connectivity index (χ1v) is 9.19. The quantitative estimate of drug-likeness (QED) is 0.782. The fourth-order valence-corrected chi connectivity index (χ4v) is 4.35. The summed E-state index contributed by atoms with van der Waals surface area (Å²) < 4.78 is 40.2. The van der Waals surface area contributed by atoms with E-state index in [1.54, 1.807) is 36.4 Å². The zero-order valence-electron chi connectivity index (χ0n) is 16.8. The molecule has 12 heteroatoms. The Morgan fingerprint density at radius 2 is 1.80 bits per heavy atom. The summed E-state index contributed by atoms with van der Waals surface area (Å²) in [6.07, 6.45) is 0.249. The van der Waals surface area contributed by atoms with Crippen molar-refractivity contribution in [1.29, 1.82) is 0 Å². The Morgan fingerprint density at radius 3 is 2.33 bits per heavy atom. The highest BCUT2D eigenvalue weighted by molar-refractivity contribution is 5.85. The molecule has 164 valence electrons. The number of aromatic nitrogens is 4. The molecule has 4 rings (SSSR count). The summed E-state index contributed by atoms with van der Waals surface area (Å²) in [5, 5.41) is 7.17. The molecule has 4 heterocycles. The Labute approximate surface area is 177 Å². The SMILES string of the molecule is Cl.Cn1cc(Nc2nccc(N3C[C@]4(C)CN(C(=O)C(F)(F)F)C[C@]4(C)C3)n2)cn1. The van der Waals surface area contributed by atoms with Crippen molar-refractivity contribution in [2.75, 3.05) is 36.4 Å². The first-order valence-electron chi connectivity index (χ1n) is 9.19. The number of nitrogens with zero attached hydrogens (tertiary/aromatic N) is 6. The van der Waals surface area contributed by atoms with Crippen LogP contribution in [0.4, 0.5) is 30.6 Å². The van der Waals surface area contributed by atoms with Crippen molar-refractivity contribution in [3.8, 4) is 0 Å². The molecule has 2 aliphatic rings. The number of alkyl halides is 3. The molecule has 0 spiro atoms. The molecule has 0 bridgehead atoms. The molecule has 2 aliphatic heterocycles. The Hall–Kier alpha value is -2.56. The van der Waals surface area contributed by atoms with Gasteiger partial charge in [-0.05, 0) is 6.07 Å². The minimum absolute atomic E-state index is 0. The number of fused-ring (bicyclic) bond motifs is 1. The Morgan fingerprint density at radius 1 is 1.17 bits per heavy atom. The summed E-state index contributed by atoms with van der Waals surface area (Å²) in [5.41, 5.74) is -0.172. The predicted octanol–water partition coefficient (Wildman–Crippen LogP) is 2.61. The highest BCUT2D eigenvalue weighted by Crippen LogP contribution is 2.52. The minimum Gasteiger partial charge on any atom is -0.355 e. The summed E-state index contributed by atoms with van der Waals surface area (Å²) in [4.78, 5) is 23.5. The van der Waals surface area contributed by atoms with Gasteiger partial charge in [0.05, 0.1) is 11.9 Å². The van der Waals surface area contributed by atoms with Gasteiger partial charge in [0.1, 0.15) is 5.82 Å². The van der Waals surface area contributed by atoms with E-state index in [0.29, 0.717) is 24.9 Å². The van der Waals surface area contributed by atoms with Gasteiger partial charge in [-0.3, -0.25) is 9.48 Å². The van der Waals surface area contributed by atoms with E-state index in [4.69, 9.17) is 0 Å². The molecule has 30 heavy (non-hydrogen) atoms. The number of carbonyl (C=O) groups is 1. The van der Waals surface area contributed by atoms with Crippen LogP contribution in [0.15, 0.2) is 24.7 Å². The second-order valence-electron chi connectivity index (χ2n) is 8.40. The number of hydrogen-bond acceptors (Lipinski definition) is 6. The van der Waals surface area contributed by atoms with Gasteiger partial charge in [0, 0.05) is 56.5 Å². The van der Waals surface area contributed by atoms with Gasteiger partial charge < -0.3 is 15.1 Å².